The van der Waals surface area contributed by atoms with Crippen LogP contribution in [0.3, 0.4) is 0 Å². The number of carbonyl (C=O) groups is 2. The predicted octanol–water partition coefficient (Wildman–Crippen LogP) is 2.17. The molecule has 5 heteroatoms. The van der Waals surface area contributed by atoms with Gasteiger partial charge in [0.25, 0.3) is 0 Å². The molecule has 1 atom stereocenters. The van der Waals surface area contributed by atoms with Crippen molar-refractivity contribution in [3.8, 4) is 0 Å². The third-order valence-electron chi connectivity index (χ3n) is 2.95. The number of amides is 2. The Hall–Kier alpha value is -2.04. The van der Waals surface area contributed by atoms with E-state index in [1.54, 1.807) is 0 Å². The topological polar surface area (TPSA) is 78.4 Å². The molecule has 0 spiro atoms. The molecule has 110 valence electrons. The molecule has 0 bridgehead atoms. The normalized spacial score (nSPS) is 11.7. The first kappa shape index (κ1) is 16.0. The summed E-state index contributed by atoms with van der Waals surface area (Å²) in [6, 6.07) is 8.79. The quantitative estimate of drug-likeness (QED) is 0.638. The molecule has 3 N–H and O–H groups in total. The summed E-state index contributed by atoms with van der Waals surface area (Å²) in [5, 5.41) is 14.1. The zero-order chi connectivity index (χ0) is 14.8. The van der Waals surface area contributed by atoms with Gasteiger partial charge in [-0.2, -0.15) is 0 Å². The predicted molar refractivity (Wildman–Crippen MR) is 77.6 cm³/mol. The Bertz CT molecular complexity index is 420. The van der Waals surface area contributed by atoms with E-state index in [2.05, 4.69) is 10.6 Å². The number of carbonyl (C=O) groups excluding carboxylic acids is 1. The van der Waals surface area contributed by atoms with Crippen molar-refractivity contribution in [3.05, 3.63) is 35.9 Å². The lowest BCUT2D eigenvalue weighted by molar-refractivity contribution is -0.139. The maximum absolute atomic E-state index is 11.6. The fraction of sp³-hybridized carbons (Fsp3) is 0.467. The number of hydrogen-bond donors (Lipinski definition) is 3. The summed E-state index contributed by atoms with van der Waals surface area (Å²) in [5.74, 6) is -0.994. The summed E-state index contributed by atoms with van der Waals surface area (Å²) < 4.78 is 0. The molecule has 0 radical (unpaired) electrons. The lowest BCUT2D eigenvalue weighted by atomic mass is 10.1. The number of rotatable bonds is 8. The highest BCUT2D eigenvalue weighted by Crippen LogP contribution is 2.01. The van der Waals surface area contributed by atoms with Crippen LogP contribution in [0.5, 0.6) is 0 Å². The minimum Gasteiger partial charge on any atom is -0.480 e. The summed E-state index contributed by atoms with van der Waals surface area (Å²) in [7, 11) is 0. The molecule has 1 rings (SSSR count). The molecule has 0 aliphatic carbocycles. The van der Waals surface area contributed by atoms with Crippen LogP contribution in [-0.4, -0.2) is 29.7 Å². The van der Waals surface area contributed by atoms with Crippen LogP contribution in [0, 0.1) is 0 Å². The van der Waals surface area contributed by atoms with Crippen molar-refractivity contribution in [3.63, 3.8) is 0 Å². The average Bonchev–Trinajstić information content (AvgIpc) is 2.44. The first-order chi connectivity index (χ1) is 9.63. The number of aryl methyl sites for hydroxylation is 1. The Morgan fingerprint density at radius 1 is 1.25 bits per heavy atom. The van der Waals surface area contributed by atoms with Crippen LogP contribution < -0.4 is 10.6 Å². The second-order valence-electron chi connectivity index (χ2n) is 4.67. The highest BCUT2D eigenvalue weighted by atomic mass is 16.4. The SMILES string of the molecule is CCC[C@H](NC(=O)NCCCc1ccccc1)C(=O)O. The maximum atomic E-state index is 11.6. The van der Waals surface area contributed by atoms with E-state index in [1.165, 1.54) is 5.56 Å². The molecule has 0 fully saturated rings. The van der Waals surface area contributed by atoms with Crippen molar-refractivity contribution in [1.29, 1.82) is 0 Å². The van der Waals surface area contributed by atoms with Gasteiger partial charge < -0.3 is 15.7 Å². The van der Waals surface area contributed by atoms with Gasteiger partial charge in [0.05, 0.1) is 0 Å². The lowest BCUT2D eigenvalue weighted by Crippen LogP contribution is -2.46. The first-order valence-electron chi connectivity index (χ1n) is 6.94. The number of nitrogens with one attached hydrogen (secondary N) is 2. The number of urea groups is 1. The standard InChI is InChI=1S/C15H22N2O3/c1-2-7-13(14(18)19)17-15(20)16-11-6-10-12-8-4-3-5-9-12/h3-5,8-9,13H,2,6-7,10-11H2,1H3,(H,18,19)(H2,16,17,20)/t13-/m0/s1. The molecular formula is C15H22N2O3. The molecule has 5 nitrogen and oxygen atoms in total. The first-order valence-corrected chi connectivity index (χ1v) is 6.94. The zero-order valence-corrected chi connectivity index (χ0v) is 11.8. The van der Waals surface area contributed by atoms with Crippen LogP contribution in [0.15, 0.2) is 30.3 Å². The molecule has 0 aliphatic heterocycles. The largest absolute Gasteiger partial charge is 0.480 e. The molecule has 0 unspecified atom stereocenters. The van der Waals surface area contributed by atoms with Crippen LogP contribution in [0.4, 0.5) is 4.79 Å². The van der Waals surface area contributed by atoms with E-state index in [1.807, 2.05) is 37.3 Å². The highest BCUT2D eigenvalue weighted by Gasteiger charge is 2.18. The third kappa shape index (κ3) is 6.22. The van der Waals surface area contributed by atoms with E-state index in [9.17, 15) is 9.59 Å². The smallest absolute Gasteiger partial charge is 0.326 e. The van der Waals surface area contributed by atoms with Crippen LogP contribution in [0.2, 0.25) is 0 Å². The van der Waals surface area contributed by atoms with Gasteiger partial charge in [-0.25, -0.2) is 9.59 Å². The minimum absolute atomic E-state index is 0.418. The summed E-state index contributed by atoms with van der Waals surface area (Å²) >= 11 is 0. The van der Waals surface area contributed by atoms with Gasteiger partial charge in [0.2, 0.25) is 0 Å². The maximum Gasteiger partial charge on any atom is 0.326 e. The molecule has 0 aromatic heterocycles. The van der Waals surface area contributed by atoms with Crippen LogP contribution >= 0.6 is 0 Å². The second-order valence-corrected chi connectivity index (χ2v) is 4.67. The van der Waals surface area contributed by atoms with Crippen LogP contribution in [0.25, 0.3) is 0 Å². The Morgan fingerprint density at radius 2 is 1.95 bits per heavy atom. The Balaban J connectivity index is 2.21. The molecule has 2 amide bonds. The highest BCUT2D eigenvalue weighted by molar-refractivity contribution is 5.82. The third-order valence-corrected chi connectivity index (χ3v) is 2.95. The number of carboxylic acids is 1. The van der Waals surface area contributed by atoms with Crippen molar-refractivity contribution in [2.45, 2.75) is 38.6 Å². The van der Waals surface area contributed by atoms with E-state index in [-0.39, 0.29) is 0 Å². The van der Waals surface area contributed by atoms with E-state index in [4.69, 9.17) is 5.11 Å². The molecule has 1 aromatic rings. The van der Waals surface area contributed by atoms with Gasteiger partial charge in [-0.15, -0.1) is 0 Å². The van der Waals surface area contributed by atoms with Gasteiger partial charge in [-0.3, -0.25) is 0 Å². The summed E-state index contributed by atoms with van der Waals surface area (Å²) in [6.07, 6.45) is 2.86. The zero-order valence-electron chi connectivity index (χ0n) is 11.8. The lowest BCUT2D eigenvalue weighted by Gasteiger charge is -2.14. The monoisotopic (exact) mass is 278 g/mol. The molecule has 0 aliphatic rings. The fourth-order valence-corrected chi connectivity index (χ4v) is 1.89. The Kier molecular flexibility index (Phi) is 7.17. The van der Waals surface area contributed by atoms with Gasteiger partial charge in [0.15, 0.2) is 0 Å². The van der Waals surface area contributed by atoms with E-state index < -0.39 is 18.0 Å². The van der Waals surface area contributed by atoms with Crippen LogP contribution in [-0.2, 0) is 11.2 Å². The Labute approximate surface area is 119 Å². The molecule has 20 heavy (non-hydrogen) atoms. The summed E-state index contributed by atoms with van der Waals surface area (Å²) in [6.45, 7) is 2.41. The van der Waals surface area contributed by atoms with Gasteiger partial charge >= 0.3 is 12.0 Å². The van der Waals surface area contributed by atoms with Gasteiger partial charge in [-0.05, 0) is 24.8 Å². The minimum atomic E-state index is -0.994. The molecule has 0 saturated heterocycles. The number of hydrogen-bond acceptors (Lipinski definition) is 2. The fourth-order valence-electron chi connectivity index (χ4n) is 1.89. The molecule has 1 aromatic carbocycles. The molecule has 0 saturated carbocycles. The summed E-state index contributed by atoms with van der Waals surface area (Å²) in [5.41, 5.74) is 1.23. The molecular weight excluding hydrogens is 256 g/mol. The van der Waals surface area contributed by atoms with Crippen molar-refractivity contribution in [1.82, 2.24) is 10.6 Å². The Morgan fingerprint density at radius 3 is 2.55 bits per heavy atom. The van der Waals surface area contributed by atoms with Gasteiger partial charge in [0.1, 0.15) is 6.04 Å². The average molecular weight is 278 g/mol. The van der Waals surface area contributed by atoms with Gasteiger partial charge in [-0.1, -0.05) is 43.7 Å². The van der Waals surface area contributed by atoms with Crippen molar-refractivity contribution >= 4 is 12.0 Å². The molecule has 0 heterocycles. The number of aliphatic carboxylic acids is 1. The number of carboxylic acid groups (broad SMARTS) is 1. The second kappa shape index (κ2) is 8.96. The van der Waals surface area contributed by atoms with E-state index >= 15 is 0 Å². The van der Waals surface area contributed by atoms with Crippen molar-refractivity contribution in [2.24, 2.45) is 0 Å². The van der Waals surface area contributed by atoms with E-state index in [0.717, 1.165) is 12.8 Å². The van der Waals surface area contributed by atoms with E-state index in [0.29, 0.717) is 19.4 Å². The number of benzene rings is 1. The summed E-state index contributed by atoms with van der Waals surface area (Å²) in [4.78, 5) is 22.5. The van der Waals surface area contributed by atoms with Gasteiger partial charge in [0, 0.05) is 6.54 Å². The van der Waals surface area contributed by atoms with Crippen molar-refractivity contribution < 1.29 is 14.7 Å². The van der Waals surface area contributed by atoms with Crippen LogP contribution in [0.1, 0.15) is 31.7 Å². The van der Waals surface area contributed by atoms with Crippen molar-refractivity contribution in [2.75, 3.05) is 6.54 Å².